The van der Waals surface area contributed by atoms with Crippen LogP contribution in [-0.2, 0) is 6.42 Å². The van der Waals surface area contributed by atoms with Gasteiger partial charge in [0.1, 0.15) is 0 Å². The van der Waals surface area contributed by atoms with Crippen LogP contribution in [0.4, 0.5) is 0 Å². The van der Waals surface area contributed by atoms with Crippen molar-refractivity contribution < 1.29 is 13.6 Å². The van der Waals surface area contributed by atoms with E-state index < -0.39 is 8.60 Å². The Bertz CT molecular complexity index is 655. The van der Waals surface area contributed by atoms with Gasteiger partial charge in [0, 0.05) is 5.56 Å². The second kappa shape index (κ2) is 4.68. The van der Waals surface area contributed by atoms with Crippen LogP contribution < -0.4 is 13.6 Å². The summed E-state index contributed by atoms with van der Waals surface area (Å²) >= 11 is 0. The highest BCUT2D eigenvalue weighted by atomic mass is 31.2. The summed E-state index contributed by atoms with van der Waals surface area (Å²) < 4.78 is 17.1. The van der Waals surface area contributed by atoms with Gasteiger partial charge in [-0.1, -0.05) is 43.7 Å². The van der Waals surface area contributed by atoms with Crippen LogP contribution >= 0.6 is 8.60 Å². The van der Waals surface area contributed by atoms with Crippen LogP contribution in [0.3, 0.4) is 0 Å². The molecular weight excluding hydrogens is 271 g/mol. The van der Waals surface area contributed by atoms with Crippen LogP contribution in [0.2, 0.25) is 0 Å². The maximum absolute atomic E-state index is 5.79. The SMILES string of the molecule is CCCCc1c(-c2ccccc2)cc2c3c1OP(O2)O3. The van der Waals surface area contributed by atoms with E-state index in [1.165, 1.54) is 16.7 Å². The fraction of sp³-hybridized carbons (Fsp3) is 0.250. The zero-order valence-electron chi connectivity index (χ0n) is 11.3. The van der Waals surface area contributed by atoms with Gasteiger partial charge in [0.2, 0.25) is 5.75 Å². The fourth-order valence-corrected chi connectivity index (χ4v) is 3.74. The van der Waals surface area contributed by atoms with E-state index >= 15 is 0 Å². The van der Waals surface area contributed by atoms with Gasteiger partial charge in [-0.3, -0.25) is 0 Å². The smallest absolute Gasteiger partial charge is 0.404 e. The second-order valence-electron chi connectivity index (χ2n) is 5.03. The third kappa shape index (κ3) is 1.77. The zero-order chi connectivity index (χ0) is 13.5. The Labute approximate surface area is 119 Å². The normalized spacial score (nSPS) is 17.6. The Morgan fingerprint density at radius 1 is 1.00 bits per heavy atom. The van der Waals surface area contributed by atoms with Crippen molar-refractivity contribution in [3.05, 3.63) is 42.0 Å². The van der Waals surface area contributed by atoms with E-state index in [0.29, 0.717) is 0 Å². The molecule has 102 valence electrons. The fourth-order valence-electron chi connectivity index (χ4n) is 2.67. The molecule has 2 aliphatic heterocycles. The second-order valence-corrected chi connectivity index (χ2v) is 6.02. The van der Waals surface area contributed by atoms with Crippen molar-refractivity contribution in [2.24, 2.45) is 0 Å². The zero-order valence-corrected chi connectivity index (χ0v) is 12.2. The molecule has 0 aromatic heterocycles. The lowest BCUT2D eigenvalue weighted by molar-refractivity contribution is 0.463. The molecule has 20 heavy (non-hydrogen) atoms. The van der Waals surface area contributed by atoms with Gasteiger partial charge in [0.25, 0.3) is 0 Å². The summed E-state index contributed by atoms with van der Waals surface area (Å²) in [5, 5.41) is 0. The maximum atomic E-state index is 5.79. The predicted molar refractivity (Wildman–Crippen MR) is 79.3 cm³/mol. The van der Waals surface area contributed by atoms with Crippen LogP contribution in [0, 0.1) is 0 Å². The van der Waals surface area contributed by atoms with Gasteiger partial charge in [-0.25, -0.2) is 0 Å². The Kier molecular flexibility index (Phi) is 2.82. The molecule has 2 aromatic carbocycles. The minimum atomic E-state index is -1.21. The molecule has 1 unspecified atom stereocenters. The van der Waals surface area contributed by atoms with Crippen LogP contribution in [-0.4, -0.2) is 0 Å². The first kappa shape index (κ1) is 12.0. The van der Waals surface area contributed by atoms with Crippen LogP contribution in [0.1, 0.15) is 25.3 Å². The van der Waals surface area contributed by atoms with Crippen molar-refractivity contribution >= 4 is 8.60 Å². The lowest BCUT2D eigenvalue weighted by Crippen LogP contribution is -1.99. The summed E-state index contributed by atoms with van der Waals surface area (Å²) in [4.78, 5) is 0. The minimum Gasteiger partial charge on any atom is -0.404 e. The van der Waals surface area contributed by atoms with Crippen LogP contribution in [0.25, 0.3) is 11.1 Å². The van der Waals surface area contributed by atoms with Gasteiger partial charge >= 0.3 is 8.60 Å². The number of hydrogen-bond acceptors (Lipinski definition) is 3. The average Bonchev–Trinajstić information content (AvgIpc) is 3.07. The van der Waals surface area contributed by atoms with E-state index in [1.54, 1.807) is 0 Å². The van der Waals surface area contributed by atoms with Crippen molar-refractivity contribution in [1.29, 1.82) is 0 Å². The highest BCUT2D eigenvalue weighted by Crippen LogP contribution is 2.66. The van der Waals surface area contributed by atoms with Crippen molar-refractivity contribution in [2.45, 2.75) is 26.2 Å². The lowest BCUT2D eigenvalue weighted by Gasteiger charge is -2.17. The van der Waals surface area contributed by atoms with Crippen molar-refractivity contribution in [1.82, 2.24) is 0 Å². The first-order chi connectivity index (χ1) is 9.86. The van der Waals surface area contributed by atoms with Crippen LogP contribution in [0.5, 0.6) is 17.2 Å². The molecule has 2 heterocycles. The summed E-state index contributed by atoms with van der Waals surface area (Å²) in [5.41, 5.74) is 3.66. The largest absolute Gasteiger partial charge is 0.530 e. The molecule has 0 saturated heterocycles. The Hall–Kier alpha value is -1.73. The third-order valence-corrected chi connectivity index (χ3v) is 4.68. The molecule has 0 spiro atoms. The molecule has 4 heteroatoms. The van der Waals surface area contributed by atoms with Gasteiger partial charge in [-0.2, -0.15) is 0 Å². The summed E-state index contributed by atoms with van der Waals surface area (Å²) in [5.74, 6) is 2.55. The van der Waals surface area contributed by atoms with Gasteiger partial charge in [0.15, 0.2) is 11.5 Å². The predicted octanol–water partition coefficient (Wildman–Crippen LogP) is 5.09. The monoisotopic (exact) mass is 286 g/mol. The maximum Gasteiger partial charge on any atom is 0.530 e. The summed E-state index contributed by atoms with van der Waals surface area (Å²) in [6, 6.07) is 12.5. The Morgan fingerprint density at radius 2 is 1.80 bits per heavy atom. The molecule has 0 fully saturated rings. The van der Waals surface area contributed by atoms with E-state index in [4.69, 9.17) is 13.6 Å². The Balaban J connectivity index is 1.88. The highest BCUT2D eigenvalue weighted by molar-refractivity contribution is 7.44. The van der Waals surface area contributed by atoms with Crippen LogP contribution in [0.15, 0.2) is 36.4 Å². The number of rotatable bonds is 4. The molecule has 1 atom stereocenters. The number of fused-ring (bicyclic) bond motifs is 1. The molecule has 2 bridgehead atoms. The standard InChI is InChI=1S/C16H15O3P/c1-2-3-9-12-13(11-7-5-4-6-8-11)10-14-16-15(12)18-20(17-14)19-16/h4-8,10H,2-3,9H2,1H3. The summed E-state index contributed by atoms with van der Waals surface area (Å²) in [7, 11) is -1.21. The minimum absolute atomic E-state index is 0.807. The molecule has 0 radical (unpaired) electrons. The van der Waals surface area contributed by atoms with Gasteiger partial charge in [0.05, 0.1) is 0 Å². The number of hydrogen-bond donors (Lipinski definition) is 0. The Morgan fingerprint density at radius 3 is 2.55 bits per heavy atom. The first-order valence-corrected chi connectivity index (χ1v) is 8.05. The lowest BCUT2D eigenvalue weighted by atomic mass is 9.94. The van der Waals surface area contributed by atoms with E-state index in [-0.39, 0.29) is 0 Å². The first-order valence-electron chi connectivity index (χ1n) is 6.96. The molecule has 3 nitrogen and oxygen atoms in total. The topological polar surface area (TPSA) is 27.7 Å². The van der Waals surface area contributed by atoms with Crippen molar-refractivity contribution in [3.63, 3.8) is 0 Å². The summed E-state index contributed by atoms with van der Waals surface area (Å²) in [6.07, 6.45) is 3.32. The van der Waals surface area contributed by atoms with E-state index in [0.717, 1.165) is 36.5 Å². The third-order valence-electron chi connectivity index (χ3n) is 3.67. The quantitative estimate of drug-likeness (QED) is 0.733. The number of benzene rings is 2. The van der Waals surface area contributed by atoms with E-state index in [1.807, 2.05) is 6.07 Å². The van der Waals surface area contributed by atoms with E-state index in [2.05, 4.69) is 37.3 Å². The van der Waals surface area contributed by atoms with E-state index in [9.17, 15) is 0 Å². The molecule has 0 N–H and O–H groups in total. The average molecular weight is 286 g/mol. The summed E-state index contributed by atoms with van der Waals surface area (Å²) in [6.45, 7) is 2.20. The molecule has 2 aromatic rings. The van der Waals surface area contributed by atoms with Gasteiger partial charge < -0.3 is 13.6 Å². The van der Waals surface area contributed by atoms with Gasteiger partial charge in [-0.05, 0) is 30.0 Å². The highest BCUT2D eigenvalue weighted by Gasteiger charge is 2.43. The molecule has 0 aliphatic carbocycles. The molecule has 0 saturated carbocycles. The molecule has 2 aliphatic rings. The molecule has 4 rings (SSSR count). The molecular formula is C16H15O3P. The van der Waals surface area contributed by atoms with Crippen molar-refractivity contribution in [3.8, 4) is 28.4 Å². The molecule has 0 amide bonds. The van der Waals surface area contributed by atoms with Crippen molar-refractivity contribution in [2.75, 3.05) is 0 Å². The van der Waals surface area contributed by atoms with Gasteiger partial charge in [-0.15, -0.1) is 0 Å². The number of unbranched alkanes of at least 4 members (excludes halogenated alkanes) is 1.